The van der Waals surface area contributed by atoms with E-state index in [0.29, 0.717) is 11.6 Å². The zero-order chi connectivity index (χ0) is 15.5. The monoisotopic (exact) mass is 318 g/mol. The molecule has 1 heterocycles. The lowest BCUT2D eigenvalue weighted by atomic mass is 9.98. The Bertz CT molecular complexity index is 636. The van der Waals surface area contributed by atoms with Crippen LogP contribution in [0.1, 0.15) is 35.6 Å². The second kappa shape index (κ2) is 6.78. The van der Waals surface area contributed by atoms with Crippen molar-refractivity contribution in [1.29, 1.82) is 0 Å². The van der Waals surface area contributed by atoms with Crippen molar-refractivity contribution in [3.8, 4) is 0 Å². The molecule has 1 unspecified atom stereocenters. The highest BCUT2D eigenvalue weighted by Crippen LogP contribution is 2.24. The van der Waals surface area contributed by atoms with E-state index in [4.69, 9.17) is 17.3 Å². The van der Waals surface area contributed by atoms with Gasteiger partial charge in [-0.1, -0.05) is 35.9 Å². The minimum Gasteiger partial charge on any atom is -0.320 e. The molecule has 0 bridgehead atoms. The van der Waals surface area contributed by atoms with Gasteiger partial charge in [-0.3, -0.25) is 4.90 Å². The summed E-state index contributed by atoms with van der Waals surface area (Å²) >= 11 is 5.88. The summed E-state index contributed by atoms with van der Waals surface area (Å²) in [6.45, 7) is 2.80. The molecule has 0 amide bonds. The molecule has 1 fully saturated rings. The van der Waals surface area contributed by atoms with Gasteiger partial charge < -0.3 is 5.73 Å². The second-order valence-electron chi connectivity index (χ2n) is 5.86. The van der Waals surface area contributed by atoms with Gasteiger partial charge in [0.2, 0.25) is 0 Å². The number of hydrogen-bond donors (Lipinski definition) is 1. The van der Waals surface area contributed by atoms with Crippen molar-refractivity contribution in [2.45, 2.75) is 25.4 Å². The highest BCUT2D eigenvalue weighted by Gasteiger charge is 2.16. The third kappa shape index (κ3) is 3.49. The fraction of sp³-hybridized carbons (Fsp3) is 0.333. The maximum Gasteiger partial charge on any atom is 0.128 e. The molecule has 0 spiro atoms. The fourth-order valence-electron chi connectivity index (χ4n) is 2.93. The minimum absolute atomic E-state index is 0.172. The Balaban J connectivity index is 1.77. The number of halogens is 2. The summed E-state index contributed by atoms with van der Waals surface area (Å²) < 4.78 is 14.3. The lowest BCUT2D eigenvalue weighted by Gasteiger charge is -2.17. The molecule has 3 rings (SSSR count). The molecule has 1 aliphatic rings. The Morgan fingerprint density at radius 3 is 2.32 bits per heavy atom. The minimum atomic E-state index is -0.340. The van der Waals surface area contributed by atoms with Gasteiger partial charge in [0.25, 0.3) is 0 Å². The van der Waals surface area contributed by atoms with Crippen LogP contribution in [0.2, 0.25) is 5.02 Å². The Morgan fingerprint density at radius 1 is 1.05 bits per heavy atom. The third-order valence-corrected chi connectivity index (χ3v) is 4.51. The second-order valence-corrected chi connectivity index (χ2v) is 6.30. The van der Waals surface area contributed by atoms with Crippen molar-refractivity contribution < 1.29 is 4.39 Å². The van der Waals surface area contributed by atoms with Crippen LogP contribution in [-0.4, -0.2) is 18.0 Å². The Kier molecular flexibility index (Phi) is 4.77. The predicted molar refractivity (Wildman–Crippen MR) is 88.4 cm³/mol. The summed E-state index contributed by atoms with van der Waals surface area (Å²) in [5.74, 6) is -0.172. The van der Waals surface area contributed by atoms with Gasteiger partial charge in [0, 0.05) is 17.1 Å². The van der Waals surface area contributed by atoms with Crippen LogP contribution in [0.5, 0.6) is 0 Å². The predicted octanol–water partition coefficient (Wildman–Crippen LogP) is 4.12. The van der Waals surface area contributed by atoms with E-state index in [-0.39, 0.29) is 11.9 Å². The molecule has 2 aromatic rings. The molecule has 2 nitrogen and oxygen atoms in total. The molecule has 0 aromatic heterocycles. The van der Waals surface area contributed by atoms with E-state index >= 15 is 0 Å². The Hall–Kier alpha value is -1.42. The van der Waals surface area contributed by atoms with E-state index in [0.717, 1.165) is 29.8 Å². The van der Waals surface area contributed by atoms with Gasteiger partial charge in [-0.2, -0.15) is 0 Å². The van der Waals surface area contributed by atoms with Gasteiger partial charge in [-0.15, -0.1) is 0 Å². The van der Waals surface area contributed by atoms with Crippen molar-refractivity contribution in [1.82, 2.24) is 4.90 Å². The average Bonchev–Trinajstić information content (AvgIpc) is 3.02. The fourth-order valence-corrected chi connectivity index (χ4v) is 3.06. The van der Waals surface area contributed by atoms with Gasteiger partial charge >= 0.3 is 0 Å². The first-order valence-electron chi connectivity index (χ1n) is 7.65. The zero-order valence-corrected chi connectivity index (χ0v) is 13.2. The van der Waals surface area contributed by atoms with Gasteiger partial charge in [0.1, 0.15) is 5.82 Å². The largest absolute Gasteiger partial charge is 0.320 e. The molecular weight excluding hydrogens is 299 g/mol. The number of benzene rings is 2. The summed E-state index contributed by atoms with van der Waals surface area (Å²) in [6.07, 6.45) is 2.42. The standard InChI is InChI=1S/C18H20ClFN2/c19-16-7-5-13(6-8-16)18(21)14-3-4-15(17(20)11-14)12-22-9-1-2-10-22/h3-8,11,18H,1-2,9-10,12,21H2. The van der Waals surface area contributed by atoms with E-state index in [2.05, 4.69) is 4.90 Å². The van der Waals surface area contributed by atoms with Gasteiger partial charge in [0.05, 0.1) is 6.04 Å². The van der Waals surface area contributed by atoms with Gasteiger partial charge in [-0.05, 0) is 55.3 Å². The summed E-state index contributed by atoms with van der Waals surface area (Å²) in [6, 6.07) is 12.4. The molecule has 2 N–H and O–H groups in total. The number of nitrogens with zero attached hydrogens (tertiary/aromatic N) is 1. The van der Waals surface area contributed by atoms with Gasteiger partial charge in [-0.25, -0.2) is 4.39 Å². The van der Waals surface area contributed by atoms with E-state index in [1.165, 1.54) is 12.8 Å². The third-order valence-electron chi connectivity index (χ3n) is 4.26. The summed E-state index contributed by atoms with van der Waals surface area (Å²) in [4.78, 5) is 2.29. The molecular formula is C18H20ClFN2. The first-order chi connectivity index (χ1) is 10.6. The van der Waals surface area contributed by atoms with Crippen LogP contribution >= 0.6 is 11.6 Å². The highest BCUT2D eigenvalue weighted by molar-refractivity contribution is 6.30. The smallest absolute Gasteiger partial charge is 0.128 e. The van der Waals surface area contributed by atoms with Crippen molar-refractivity contribution in [2.75, 3.05) is 13.1 Å². The maximum atomic E-state index is 14.3. The normalized spacial score (nSPS) is 16.9. The molecule has 22 heavy (non-hydrogen) atoms. The van der Waals surface area contributed by atoms with Crippen molar-refractivity contribution in [3.05, 3.63) is 70.0 Å². The number of hydrogen-bond acceptors (Lipinski definition) is 2. The molecule has 1 aliphatic heterocycles. The van der Waals surface area contributed by atoms with E-state index in [1.807, 2.05) is 24.3 Å². The SMILES string of the molecule is NC(c1ccc(Cl)cc1)c1ccc(CN2CCCC2)c(F)c1. The molecule has 0 aliphatic carbocycles. The molecule has 4 heteroatoms. The summed E-state index contributed by atoms with van der Waals surface area (Å²) in [7, 11) is 0. The van der Waals surface area contributed by atoms with Crippen LogP contribution in [0.3, 0.4) is 0 Å². The van der Waals surface area contributed by atoms with Crippen LogP contribution in [0.4, 0.5) is 4.39 Å². The highest BCUT2D eigenvalue weighted by atomic mass is 35.5. The van der Waals surface area contributed by atoms with Crippen LogP contribution in [-0.2, 0) is 6.54 Å². The van der Waals surface area contributed by atoms with Crippen LogP contribution < -0.4 is 5.73 Å². The summed E-state index contributed by atoms with van der Waals surface area (Å²) in [5.41, 5.74) is 8.68. The maximum absolute atomic E-state index is 14.3. The molecule has 116 valence electrons. The van der Waals surface area contributed by atoms with E-state index in [1.54, 1.807) is 18.2 Å². The molecule has 1 saturated heterocycles. The van der Waals surface area contributed by atoms with Crippen molar-refractivity contribution >= 4 is 11.6 Å². The Morgan fingerprint density at radius 2 is 1.68 bits per heavy atom. The number of likely N-dealkylation sites (tertiary alicyclic amines) is 1. The van der Waals surface area contributed by atoms with E-state index in [9.17, 15) is 4.39 Å². The van der Waals surface area contributed by atoms with Crippen LogP contribution in [0, 0.1) is 5.82 Å². The first-order valence-corrected chi connectivity index (χ1v) is 8.03. The van der Waals surface area contributed by atoms with E-state index < -0.39 is 0 Å². The molecule has 0 radical (unpaired) electrons. The van der Waals surface area contributed by atoms with Crippen LogP contribution in [0.25, 0.3) is 0 Å². The number of rotatable bonds is 4. The Labute approximate surface area is 135 Å². The van der Waals surface area contributed by atoms with Crippen LogP contribution in [0.15, 0.2) is 42.5 Å². The summed E-state index contributed by atoms with van der Waals surface area (Å²) in [5, 5.41) is 0.670. The average molecular weight is 319 g/mol. The quantitative estimate of drug-likeness (QED) is 0.918. The molecule has 1 atom stereocenters. The lowest BCUT2D eigenvalue weighted by molar-refractivity contribution is 0.325. The first kappa shape index (κ1) is 15.5. The van der Waals surface area contributed by atoms with Gasteiger partial charge in [0.15, 0.2) is 0 Å². The lowest BCUT2D eigenvalue weighted by Crippen LogP contribution is -2.19. The van der Waals surface area contributed by atoms with Crippen molar-refractivity contribution in [3.63, 3.8) is 0 Å². The number of nitrogens with two attached hydrogens (primary N) is 1. The zero-order valence-electron chi connectivity index (χ0n) is 12.4. The molecule has 2 aromatic carbocycles. The molecule has 0 saturated carbocycles. The van der Waals surface area contributed by atoms with Crippen molar-refractivity contribution in [2.24, 2.45) is 5.73 Å². The topological polar surface area (TPSA) is 29.3 Å².